The van der Waals surface area contributed by atoms with Crippen LogP contribution in [0.3, 0.4) is 0 Å². The first-order chi connectivity index (χ1) is 5.43. The second-order valence-corrected chi connectivity index (χ2v) is 1.89. The normalized spacial score (nSPS) is 8.27. The maximum absolute atomic E-state index is 5.34. The number of hydrogen-bond donors (Lipinski definition) is 1. The van der Waals surface area contributed by atoms with Crippen molar-refractivity contribution < 1.29 is 1.43 Å². The molecule has 1 aromatic heterocycles. The van der Waals surface area contributed by atoms with Crippen molar-refractivity contribution in [2.75, 3.05) is 6.54 Å². The van der Waals surface area contributed by atoms with Crippen molar-refractivity contribution in [3.05, 3.63) is 30.1 Å². The van der Waals surface area contributed by atoms with E-state index >= 15 is 0 Å². The molecule has 0 aliphatic heterocycles. The van der Waals surface area contributed by atoms with E-state index in [9.17, 15) is 0 Å². The van der Waals surface area contributed by atoms with Crippen LogP contribution in [0.2, 0.25) is 0 Å². The van der Waals surface area contributed by atoms with Crippen LogP contribution in [0.1, 0.15) is 20.8 Å². The van der Waals surface area contributed by atoms with Crippen LogP contribution in [0, 0.1) is 0 Å². The van der Waals surface area contributed by atoms with Gasteiger partial charge in [0.1, 0.15) is 0 Å². The molecule has 0 aliphatic rings. The van der Waals surface area contributed by atoms with Gasteiger partial charge in [-0.05, 0) is 30.7 Å². The first-order valence-electron chi connectivity index (χ1n) is 4.02. The predicted octanol–water partition coefficient (Wildman–Crippen LogP) is 1.85. The third-order valence-electron chi connectivity index (χ3n) is 1.18. The van der Waals surface area contributed by atoms with Crippen LogP contribution in [0.15, 0.2) is 24.5 Å². The van der Waals surface area contributed by atoms with Crippen LogP contribution in [0.4, 0.5) is 0 Å². The average molecular weight is 154 g/mol. The molecule has 0 amide bonds. The Bertz CT molecular complexity index is 165. The van der Waals surface area contributed by atoms with Gasteiger partial charge in [0.15, 0.2) is 0 Å². The summed E-state index contributed by atoms with van der Waals surface area (Å²) in [7, 11) is 0. The summed E-state index contributed by atoms with van der Waals surface area (Å²) in [5, 5.41) is 0. The van der Waals surface area contributed by atoms with Crippen molar-refractivity contribution in [1.82, 2.24) is 4.98 Å². The topological polar surface area (TPSA) is 38.9 Å². The molecule has 2 heteroatoms. The van der Waals surface area contributed by atoms with Crippen LogP contribution in [0.5, 0.6) is 0 Å². The monoisotopic (exact) mass is 154 g/mol. The number of rotatable bonds is 2. The molecule has 0 saturated carbocycles. The third-order valence-corrected chi connectivity index (χ3v) is 1.18. The minimum absolute atomic E-state index is 0. The maximum atomic E-state index is 5.34. The SMILES string of the molecule is CC.NCCc1ccncc1.[HH]. The summed E-state index contributed by atoms with van der Waals surface area (Å²) in [6.45, 7) is 4.71. The Morgan fingerprint density at radius 3 is 2.36 bits per heavy atom. The lowest BCUT2D eigenvalue weighted by Crippen LogP contribution is -2.02. The van der Waals surface area contributed by atoms with E-state index in [0.29, 0.717) is 6.54 Å². The molecular formula is C9H18N2. The molecule has 0 aliphatic carbocycles. The van der Waals surface area contributed by atoms with Gasteiger partial charge in [0.2, 0.25) is 0 Å². The molecule has 64 valence electrons. The molecule has 0 bridgehead atoms. The summed E-state index contributed by atoms with van der Waals surface area (Å²) in [5.41, 5.74) is 6.60. The van der Waals surface area contributed by atoms with E-state index in [0.717, 1.165) is 6.42 Å². The van der Waals surface area contributed by atoms with Gasteiger partial charge in [-0.25, -0.2) is 0 Å². The average Bonchev–Trinajstić information content (AvgIpc) is 2.11. The lowest BCUT2D eigenvalue weighted by Gasteiger charge is -1.93. The van der Waals surface area contributed by atoms with Gasteiger partial charge in [0.25, 0.3) is 0 Å². The number of pyridine rings is 1. The molecule has 0 radical (unpaired) electrons. The van der Waals surface area contributed by atoms with Crippen LogP contribution in [0.25, 0.3) is 0 Å². The Kier molecular flexibility index (Phi) is 6.64. The van der Waals surface area contributed by atoms with Crippen molar-refractivity contribution in [2.45, 2.75) is 20.3 Å². The summed E-state index contributed by atoms with van der Waals surface area (Å²) in [6, 6.07) is 3.96. The highest BCUT2D eigenvalue weighted by molar-refractivity contribution is 5.09. The quantitative estimate of drug-likeness (QED) is 0.706. The first kappa shape index (κ1) is 10.1. The zero-order valence-corrected chi connectivity index (χ0v) is 7.25. The summed E-state index contributed by atoms with van der Waals surface area (Å²) >= 11 is 0. The molecule has 0 unspecified atom stereocenters. The number of aromatic nitrogens is 1. The first-order valence-corrected chi connectivity index (χ1v) is 4.02. The number of nitrogens with two attached hydrogens (primary N) is 1. The highest BCUT2D eigenvalue weighted by Gasteiger charge is 1.85. The fourth-order valence-corrected chi connectivity index (χ4v) is 0.716. The summed E-state index contributed by atoms with van der Waals surface area (Å²) in [4.78, 5) is 3.89. The molecule has 11 heavy (non-hydrogen) atoms. The molecule has 1 aromatic rings. The van der Waals surface area contributed by atoms with Gasteiger partial charge >= 0.3 is 0 Å². The molecule has 0 saturated heterocycles. The Morgan fingerprint density at radius 2 is 1.91 bits per heavy atom. The van der Waals surface area contributed by atoms with Gasteiger partial charge in [-0.15, -0.1) is 0 Å². The predicted molar refractivity (Wildman–Crippen MR) is 50.5 cm³/mol. The van der Waals surface area contributed by atoms with Crippen molar-refractivity contribution >= 4 is 0 Å². The van der Waals surface area contributed by atoms with Crippen LogP contribution < -0.4 is 5.73 Å². The Balaban J connectivity index is 0. The van der Waals surface area contributed by atoms with Gasteiger partial charge in [0.05, 0.1) is 0 Å². The summed E-state index contributed by atoms with van der Waals surface area (Å²) < 4.78 is 0. The third kappa shape index (κ3) is 4.51. The van der Waals surface area contributed by atoms with Crippen molar-refractivity contribution in [1.29, 1.82) is 0 Å². The Labute approximate surface area is 69.9 Å². The van der Waals surface area contributed by atoms with Gasteiger partial charge in [-0.3, -0.25) is 4.98 Å². The molecule has 0 fully saturated rings. The van der Waals surface area contributed by atoms with Crippen molar-refractivity contribution in [3.63, 3.8) is 0 Å². The second kappa shape index (κ2) is 7.22. The Hall–Kier alpha value is -0.890. The van der Waals surface area contributed by atoms with E-state index in [1.807, 2.05) is 26.0 Å². The molecule has 1 rings (SSSR count). The summed E-state index contributed by atoms with van der Waals surface area (Å²) in [5.74, 6) is 0. The number of nitrogens with zero attached hydrogens (tertiary/aromatic N) is 1. The van der Waals surface area contributed by atoms with Gasteiger partial charge in [-0.1, -0.05) is 13.8 Å². The van der Waals surface area contributed by atoms with Crippen LogP contribution >= 0.6 is 0 Å². The van der Waals surface area contributed by atoms with E-state index in [4.69, 9.17) is 5.73 Å². The minimum atomic E-state index is 0. The zero-order chi connectivity index (χ0) is 8.53. The second-order valence-electron chi connectivity index (χ2n) is 1.89. The molecule has 0 aromatic carbocycles. The van der Waals surface area contributed by atoms with Gasteiger partial charge in [0, 0.05) is 13.8 Å². The molecule has 1 heterocycles. The Morgan fingerprint density at radius 1 is 1.36 bits per heavy atom. The van der Waals surface area contributed by atoms with Crippen LogP contribution in [-0.4, -0.2) is 11.5 Å². The molecular weight excluding hydrogens is 136 g/mol. The van der Waals surface area contributed by atoms with E-state index in [1.54, 1.807) is 12.4 Å². The van der Waals surface area contributed by atoms with Crippen LogP contribution in [-0.2, 0) is 6.42 Å². The zero-order valence-electron chi connectivity index (χ0n) is 7.25. The molecule has 2 N–H and O–H groups in total. The molecule has 0 spiro atoms. The van der Waals surface area contributed by atoms with Gasteiger partial charge < -0.3 is 5.73 Å². The highest BCUT2D eigenvalue weighted by Crippen LogP contribution is 1.94. The fourth-order valence-electron chi connectivity index (χ4n) is 0.716. The smallest absolute Gasteiger partial charge is 0.0270 e. The molecule has 0 atom stereocenters. The summed E-state index contributed by atoms with van der Waals surface area (Å²) in [6.07, 6.45) is 4.51. The van der Waals surface area contributed by atoms with Gasteiger partial charge in [-0.2, -0.15) is 0 Å². The lowest BCUT2D eigenvalue weighted by atomic mass is 10.2. The maximum Gasteiger partial charge on any atom is 0.0270 e. The van der Waals surface area contributed by atoms with Crippen molar-refractivity contribution in [2.24, 2.45) is 5.73 Å². The van der Waals surface area contributed by atoms with Crippen molar-refractivity contribution in [3.8, 4) is 0 Å². The lowest BCUT2D eigenvalue weighted by molar-refractivity contribution is 0.964. The standard InChI is InChI=1S/C7H10N2.C2H6.H2/c8-4-1-7-2-5-9-6-3-7;1-2;/h2-3,5-6H,1,4,8H2;1-2H3;1H. The number of hydrogen-bond acceptors (Lipinski definition) is 2. The van der Waals surface area contributed by atoms with E-state index in [1.165, 1.54) is 5.56 Å². The highest BCUT2D eigenvalue weighted by atomic mass is 14.6. The largest absolute Gasteiger partial charge is 0.330 e. The minimum Gasteiger partial charge on any atom is -0.330 e. The van der Waals surface area contributed by atoms with E-state index < -0.39 is 0 Å². The van der Waals surface area contributed by atoms with E-state index in [2.05, 4.69) is 4.98 Å². The molecule has 2 nitrogen and oxygen atoms in total. The fraction of sp³-hybridized carbons (Fsp3) is 0.444. The van der Waals surface area contributed by atoms with E-state index in [-0.39, 0.29) is 1.43 Å².